The predicted molar refractivity (Wildman–Crippen MR) is 114 cm³/mol. The summed E-state index contributed by atoms with van der Waals surface area (Å²) >= 11 is 0. The minimum atomic E-state index is 0.246. The molecule has 0 amide bonds. The monoisotopic (exact) mass is 338 g/mol. The Morgan fingerprint density at radius 3 is 1.46 bits per heavy atom. The molecule has 0 aromatic heterocycles. The van der Waals surface area contributed by atoms with E-state index in [0.29, 0.717) is 0 Å². The van der Waals surface area contributed by atoms with Gasteiger partial charge in [0.25, 0.3) is 0 Å². The molecule has 3 aromatic carbocycles. The zero-order chi connectivity index (χ0) is 18.4. The van der Waals surface area contributed by atoms with Crippen LogP contribution in [-0.2, 0) is 0 Å². The van der Waals surface area contributed by atoms with E-state index in [1.165, 1.54) is 33.4 Å². The van der Waals surface area contributed by atoms with Gasteiger partial charge in [-0.2, -0.15) is 0 Å². The molecule has 3 aromatic rings. The van der Waals surface area contributed by atoms with Crippen LogP contribution in [0, 0.1) is 6.92 Å². The summed E-state index contributed by atoms with van der Waals surface area (Å²) in [6, 6.07) is 30.1. The summed E-state index contributed by atoms with van der Waals surface area (Å²) in [5.74, 6) is 0.246. The first-order chi connectivity index (χ1) is 12.6. The molecule has 0 saturated carbocycles. The second-order valence-electron chi connectivity index (χ2n) is 6.87. The second kappa shape index (κ2) is 8.49. The Morgan fingerprint density at radius 1 is 0.615 bits per heavy atom. The van der Waals surface area contributed by atoms with E-state index in [0.717, 1.165) is 0 Å². The molecule has 0 spiro atoms. The lowest BCUT2D eigenvalue weighted by Crippen LogP contribution is -1.95. The third-order valence-electron chi connectivity index (χ3n) is 4.78. The topological polar surface area (TPSA) is 0 Å². The number of aryl methyl sites for hydroxylation is 1. The molecule has 0 aliphatic carbocycles. The molecule has 0 radical (unpaired) electrons. The Morgan fingerprint density at radius 2 is 1.04 bits per heavy atom. The molecule has 0 aliphatic rings. The first-order valence-corrected chi connectivity index (χ1v) is 9.18. The molecule has 0 aliphatic heterocycles. The summed E-state index contributed by atoms with van der Waals surface area (Å²) < 4.78 is 0. The lowest BCUT2D eigenvalue weighted by Gasteiger charge is -2.14. The number of hydrogen-bond acceptors (Lipinski definition) is 0. The normalized spacial score (nSPS) is 13.5. The van der Waals surface area contributed by atoms with Gasteiger partial charge in [0.05, 0.1) is 0 Å². The molecule has 0 bridgehead atoms. The maximum Gasteiger partial charge on any atom is 0.0210 e. The van der Waals surface area contributed by atoms with Gasteiger partial charge < -0.3 is 0 Å². The Balaban J connectivity index is 2.01. The maximum atomic E-state index is 2.37. The molecule has 130 valence electrons. The molecule has 0 unspecified atom stereocenters. The van der Waals surface area contributed by atoms with E-state index >= 15 is 0 Å². The Hall–Kier alpha value is -2.86. The largest absolute Gasteiger partial charge is 0.0697 e. The van der Waals surface area contributed by atoms with Crippen molar-refractivity contribution in [3.8, 4) is 0 Å². The van der Waals surface area contributed by atoms with Gasteiger partial charge in [0.15, 0.2) is 0 Å². The highest BCUT2D eigenvalue weighted by Gasteiger charge is 2.09. The van der Waals surface area contributed by atoms with Crippen LogP contribution < -0.4 is 0 Å². The van der Waals surface area contributed by atoms with Crippen molar-refractivity contribution in [1.29, 1.82) is 0 Å². The van der Waals surface area contributed by atoms with Crippen molar-refractivity contribution in [2.45, 2.75) is 26.7 Å². The maximum absolute atomic E-state index is 2.37. The fourth-order valence-corrected chi connectivity index (χ4v) is 3.16. The van der Waals surface area contributed by atoms with Crippen LogP contribution in [0.2, 0.25) is 0 Å². The molecule has 26 heavy (non-hydrogen) atoms. The molecule has 0 nitrogen and oxygen atoms in total. The van der Waals surface area contributed by atoms with Crippen molar-refractivity contribution in [3.05, 3.63) is 119 Å². The van der Waals surface area contributed by atoms with E-state index in [1.807, 2.05) is 0 Å². The first kappa shape index (κ1) is 17.9. The molecule has 0 heterocycles. The summed E-state index contributed by atoms with van der Waals surface area (Å²) in [6.07, 6.45) is 4.73. The fraction of sp³-hybridized carbons (Fsp3) is 0.154. The third-order valence-corrected chi connectivity index (χ3v) is 4.78. The lowest BCUT2D eigenvalue weighted by molar-refractivity contribution is 1.08. The van der Waals surface area contributed by atoms with Crippen LogP contribution in [0.1, 0.15) is 42.0 Å². The number of rotatable bonds is 5. The van der Waals surface area contributed by atoms with E-state index in [9.17, 15) is 0 Å². The van der Waals surface area contributed by atoms with E-state index in [2.05, 4.69) is 118 Å². The smallest absolute Gasteiger partial charge is 0.0210 e. The summed E-state index contributed by atoms with van der Waals surface area (Å²) in [6.45, 7) is 6.53. The lowest BCUT2D eigenvalue weighted by atomic mass is 9.91. The molecule has 0 N–H and O–H groups in total. The van der Waals surface area contributed by atoms with Gasteiger partial charge in [0.2, 0.25) is 0 Å². The Bertz CT molecular complexity index is 826. The summed E-state index contributed by atoms with van der Waals surface area (Å²) in [7, 11) is 0. The van der Waals surface area contributed by atoms with Crippen LogP contribution >= 0.6 is 0 Å². The Labute approximate surface area is 157 Å². The first-order valence-electron chi connectivity index (χ1n) is 9.18. The average molecular weight is 338 g/mol. The van der Waals surface area contributed by atoms with Crippen molar-refractivity contribution in [2.24, 2.45) is 0 Å². The van der Waals surface area contributed by atoms with Crippen molar-refractivity contribution >= 4 is 11.1 Å². The molecule has 0 fully saturated rings. The predicted octanol–water partition coefficient (Wildman–Crippen LogP) is 7.29. The van der Waals surface area contributed by atoms with Crippen LogP contribution in [0.15, 0.2) is 97.1 Å². The van der Waals surface area contributed by atoms with E-state index < -0.39 is 0 Å². The van der Waals surface area contributed by atoms with Gasteiger partial charge in [-0.25, -0.2) is 0 Å². The van der Waals surface area contributed by atoms with Crippen LogP contribution in [0.25, 0.3) is 11.1 Å². The minimum absolute atomic E-state index is 0.246. The third kappa shape index (κ3) is 4.61. The van der Waals surface area contributed by atoms with E-state index in [-0.39, 0.29) is 5.92 Å². The van der Waals surface area contributed by atoms with Crippen LogP contribution in [-0.4, -0.2) is 0 Å². The SMILES string of the molecule is CC(=CC(C=C(C)c1ccccc1)c1ccc(C)cc1)c1ccccc1. The van der Waals surface area contributed by atoms with Gasteiger partial charge in [0, 0.05) is 5.92 Å². The van der Waals surface area contributed by atoms with Crippen molar-refractivity contribution < 1.29 is 0 Å². The molecule has 0 heteroatoms. The zero-order valence-corrected chi connectivity index (χ0v) is 15.8. The van der Waals surface area contributed by atoms with Gasteiger partial charge in [-0.15, -0.1) is 0 Å². The summed E-state index contributed by atoms with van der Waals surface area (Å²) in [4.78, 5) is 0. The van der Waals surface area contributed by atoms with E-state index in [1.54, 1.807) is 0 Å². The molecule has 3 rings (SSSR count). The van der Waals surface area contributed by atoms with Crippen molar-refractivity contribution in [2.75, 3.05) is 0 Å². The van der Waals surface area contributed by atoms with E-state index in [4.69, 9.17) is 0 Å². The molecular weight excluding hydrogens is 312 g/mol. The molecule has 0 saturated heterocycles. The highest BCUT2D eigenvalue weighted by Crippen LogP contribution is 2.28. The van der Waals surface area contributed by atoms with Gasteiger partial charge in [-0.3, -0.25) is 0 Å². The van der Waals surface area contributed by atoms with Crippen LogP contribution in [0.5, 0.6) is 0 Å². The number of allylic oxidation sites excluding steroid dienone is 4. The number of hydrogen-bond donors (Lipinski definition) is 0. The highest BCUT2D eigenvalue weighted by atomic mass is 14.1. The van der Waals surface area contributed by atoms with Gasteiger partial charge in [0.1, 0.15) is 0 Å². The minimum Gasteiger partial charge on any atom is -0.0697 e. The van der Waals surface area contributed by atoms with Gasteiger partial charge in [-0.05, 0) is 48.6 Å². The molecule has 0 atom stereocenters. The van der Waals surface area contributed by atoms with Crippen molar-refractivity contribution in [1.82, 2.24) is 0 Å². The fourth-order valence-electron chi connectivity index (χ4n) is 3.16. The highest BCUT2D eigenvalue weighted by molar-refractivity contribution is 5.69. The van der Waals surface area contributed by atoms with Crippen LogP contribution in [0.4, 0.5) is 0 Å². The quantitative estimate of drug-likeness (QED) is 0.458. The summed E-state index contributed by atoms with van der Waals surface area (Å²) in [5.41, 5.74) is 7.76. The van der Waals surface area contributed by atoms with Gasteiger partial charge >= 0.3 is 0 Å². The standard InChI is InChI=1S/C26H26/c1-20-14-16-25(17-15-20)26(18-21(2)23-10-6-4-7-11-23)19-22(3)24-12-8-5-9-13-24/h4-19,26H,1-3H3. The zero-order valence-electron chi connectivity index (χ0n) is 15.8. The van der Waals surface area contributed by atoms with Crippen molar-refractivity contribution in [3.63, 3.8) is 0 Å². The summed E-state index contributed by atoms with van der Waals surface area (Å²) in [5, 5.41) is 0. The average Bonchev–Trinajstić information content (AvgIpc) is 2.69. The van der Waals surface area contributed by atoms with Crippen LogP contribution in [0.3, 0.4) is 0 Å². The molecular formula is C26H26. The van der Waals surface area contributed by atoms with Gasteiger partial charge in [-0.1, -0.05) is 103 Å². The number of benzene rings is 3. The Kier molecular flexibility index (Phi) is 5.86. The second-order valence-corrected chi connectivity index (χ2v) is 6.87.